The Morgan fingerprint density at radius 3 is 2.15 bits per heavy atom. The van der Waals surface area contributed by atoms with Crippen LogP contribution in [0.2, 0.25) is 0 Å². The predicted octanol–water partition coefficient (Wildman–Crippen LogP) is 3.01. The summed E-state index contributed by atoms with van der Waals surface area (Å²) in [5.41, 5.74) is 0. The molecule has 1 heteroatoms. The summed E-state index contributed by atoms with van der Waals surface area (Å²) in [6.07, 6.45) is 1.40. The van der Waals surface area contributed by atoms with E-state index in [0.717, 1.165) is 23.8 Å². The van der Waals surface area contributed by atoms with Crippen LogP contribution in [0.15, 0.2) is 0 Å². The van der Waals surface area contributed by atoms with E-state index in [-0.39, 0.29) is 0 Å². The van der Waals surface area contributed by atoms with E-state index in [4.69, 9.17) is 0 Å². The van der Waals surface area contributed by atoms with Gasteiger partial charge in [0.1, 0.15) is 0 Å². The fourth-order valence-corrected chi connectivity index (χ4v) is 2.66. The van der Waals surface area contributed by atoms with Crippen molar-refractivity contribution < 1.29 is 0 Å². The van der Waals surface area contributed by atoms with Gasteiger partial charge < -0.3 is 4.90 Å². The van der Waals surface area contributed by atoms with Gasteiger partial charge in [-0.15, -0.1) is 0 Å². The Morgan fingerprint density at radius 1 is 1.15 bits per heavy atom. The summed E-state index contributed by atoms with van der Waals surface area (Å²) in [5.74, 6) is 2.70. The average Bonchev–Trinajstić information content (AvgIpc) is 2.03. The molecule has 0 radical (unpaired) electrons. The zero-order valence-corrected chi connectivity index (χ0v) is 9.88. The third-order valence-corrected chi connectivity index (χ3v) is 3.59. The van der Waals surface area contributed by atoms with Gasteiger partial charge in [0.15, 0.2) is 0 Å². The van der Waals surface area contributed by atoms with E-state index < -0.39 is 0 Å². The lowest BCUT2D eigenvalue weighted by atomic mass is 9.79. The topological polar surface area (TPSA) is 3.24 Å². The predicted molar refractivity (Wildman–Crippen MR) is 58.8 cm³/mol. The molecule has 0 aromatic heterocycles. The summed E-state index contributed by atoms with van der Waals surface area (Å²) >= 11 is 0. The number of hydrogen-bond acceptors (Lipinski definition) is 1. The van der Waals surface area contributed by atoms with Crippen molar-refractivity contribution >= 4 is 0 Å². The fraction of sp³-hybridized carbons (Fsp3) is 1.00. The average molecular weight is 183 g/mol. The first kappa shape index (κ1) is 11.0. The van der Waals surface area contributed by atoms with Crippen molar-refractivity contribution in [3.63, 3.8) is 0 Å². The van der Waals surface area contributed by atoms with E-state index >= 15 is 0 Å². The van der Waals surface area contributed by atoms with Crippen LogP contribution in [0.4, 0.5) is 0 Å². The molecule has 1 heterocycles. The molecule has 0 N–H and O–H groups in total. The molecule has 1 rings (SSSR count). The highest BCUT2D eigenvalue weighted by atomic mass is 15.2. The highest BCUT2D eigenvalue weighted by molar-refractivity contribution is 4.80. The third-order valence-electron chi connectivity index (χ3n) is 3.59. The first-order valence-corrected chi connectivity index (χ1v) is 5.76. The van der Waals surface area contributed by atoms with Crippen LogP contribution in [-0.4, -0.2) is 24.0 Å². The van der Waals surface area contributed by atoms with Gasteiger partial charge in [-0.1, -0.05) is 20.8 Å². The first-order valence-electron chi connectivity index (χ1n) is 5.76. The van der Waals surface area contributed by atoms with Gasteiger partial charge in [0.25, 0.3) is 0 Å². The molecule has 78 valence electrons. The monoisotopic (exact) mass is 183 g/mol. The van der Waals surface area contributed by atoms with Crippen molar-refractivity contribution in [1.29, 1.82) is 0 Å². The van der Waals surface area contributed by atoms with Gasteiger partial charge in [-0.3, -0.25) is 0 Å². The number of nitrogens with zero attached hydrogens (tertiary/aromatic N) is 1. The van der Waals surface area contributed by atoms with Crippen LogP contribution in [0.25, 0.3) is 0 Å². The van der Waals surface area contributed by atoms with Gasteiger partial charge >= 0.3 is 0 Å². The van der Waals surface area contributed by atoms with Crippen molar-refractivity contribution in [1.82, 2.24) is 4.90 Å². The highest BCUT2D eigenvalue weighted by Crippen LogP contribution is 2.30. The number of rotatable bonds is 2. The maximum atomic E-state index is 2.61. The summed E-state index contributed by atoms with van der Waals surface area (Å²) < 4.78 is 0. The fourth-order valence-electron chi connectivity index (χ4n) is 2.66. The molecule has 1 aliphatic heterocycles. The standard InChI is InChI=1S/C12H25N/c1-9(2)12-6-7-13(10(3)4)8-11(12)5/h9-12H,6-8H2,1-5H3/t11-,12-/m0/s1. The molecule has 0 aliphatic carbocycles. The van der Waals surface area contributed by atoms with Gasteiger partial charge in [-0.2, -0.15) is 0 Å². The lowest BCUT2D eigenvalue weighted by Crippen LogP contribution is -2.44. The van der Waals surface area contributed by atoms with Gasteiger partial charge in [-0.25, -0.2) is 0 Å². The minimum absolute atomic E-state index is 0.732. The minimum atomic E-state index is 0.732. The quantitative estimate of drug-likeness (QED) is 0.636. The molecule has 13 heavy (non-hydrogen) atoms. The van der Waals surface area contributed by atoms with Crippen molar-refractivity contribution in [3.05, 3.63) is 0 Å². The van der Waals surface area contributed by atoms with Crippen LogP contribution in [0.1, 0.15) is 41.0 Å². The second-order valence-electron chi connectivity index (χ2n) is 5.26. The summed E-state index contributed by atoms with van der Waals surface area (Å²) in [5, 5.41) is 0. The second-order valence-corrected chi connectivity index (χ2v) is 5.26. The van der Waals surface area contributed by atoms with Crippen molar-refractivity contribution in [3.8, 4) is 0 Å². The molecule has 0 saturated carbocycles. The van der Waals surface area contributed by atoms with Crippen molar-refractivity contribution in [2.45, 2.75) is 47.1 Å². The van der Waals surface area contributed by atoms with E-state index in [0.29, 0.717) is 0 Å². The molecule has 0 unspecified atom stereocenters. The molecule has 1 aliphatic rings. The Morgan fingerprint density at radius 2 is 1.77 bits per heavy atom. The molecular formula is C12H25N. The van der Waals surface area contributed by atoms with Crippen LogP contribution >= 0.6 is 0 Å². The van der Waals surface area contributed by atoms with E-state index in [1.807, 2.05) is 0 Å². The summed E-state index contributed by atoms with van der Waals surface area (Å²) in [6.45, 7) is 14.4. The summed E-state index contributed by atoms with van der Waals surface area (Å²) in [4.78, 5) is 2.61. The molecule has 0 aromatic carbocycles. The maximum Gasteiger partial charge on any atom is 0.00387 e. The Labute approximate surface area is 83.5 Å². The van der Waals surface area contributed by atoms with Crippen LogP contribution in [0.5, 0.6) is 0 Å². The van der Waals surface area contributed by atoms with Gasteiger partial charge in [0, 0.05) is 12.6 Å². The minimum Gasteiger partial charge on any atom is -0.301 e. The van der Waals surface area contributed by atoms with Crippen molar-refractivity contribution in [2.24, 2.45) is 17.8 Å². The zero-order valence-electron chi connectivity index (χ0n) is 9.88. The third kappa shape index (κ3) is 2.70. The number of piperidine rings is 1. The number of hydrogen-bond donors (Lipinski definition) is 0. The molecule has 1 nitrogen and oxygen atoms in total. The molecule has 1 fully saturated rings. The molecule has 2 atom stereocenters. The van der Waals surface area contributed by atoms with Crippen molar-refractivity contribution in [2.75, 3.05) is 13.1 Å². The molecule has 0 amide bonds. The van der Waals surface area contributed by atoms with Gasteiger partial charge in [0.05, 0.1) is 0 Å². The molecule has 0 spiro atoms. The molecule has 0 bridgehead atoms. The van der Waals surface area contributed by atoms with Crippen LogP contribution in [-0.2, 0) is 0 Å². The SMILES string of the molecule is CC(C)[C@@H]1CCN(C(C)C)C[C@@H]1C. The molecular weight excluding hydrogens is 158 g/mol. The van der Waals surface area contributed by atoms with Crippen LogP contribution in [0.3, 0.4) is 0 Å². The Balaban J connectivity index is 2.46. The lowest BCUT2D eigenvalue weighted by Gasteiger charge is -2.40. The van der Waals surface area contributed by atoms with Crippen LogP contribution in [0, 0.1) is 17.8 Å². The van der Waals surface area contributed by atoms with E-state index in [2.05, 4.69) is 39.5 Å². The Hall–Kier alpha value is -0.0400. The largest absolute Gasteiger partial charge is 0.301 e. The normalized spacial score (nSPS) is 31.6. The lowest BCUT2D eigenvalue weighted by molar-refractivity contribution is 0.0799. The van der Waals surface area contributed by atoms with Gasteiger partial charge in [0.2, 0.25) is 0 Å². The zero-order chi connectivity index (χ0) is 10.0. The second kappa shape index (κ2) is 4.45. The maximum absolute atomic E-state index is 2.61. The molecule has 0 aromatic rings. The van der Waals surface area contributed by atoms with Gasteiger partial charge in [-0.05, 0) is 44.6 Å². The van der Waals surface area contributed by atoms with E-state index in [1.165, 1.54) is 19.5 Å². The van der Waals surface area contributed by atoms with Crippen LogP contribution < -0.4 is 0 Å². The smallest absolute Gasteiger partial charge is 0.00387 e. The first-order chi connectivity index (χ1) is 6.02. The number of likely N-dealkylation sites (tertiary alicyclic amines) is 1. The van der Waals surface area contributed by atoms with E-state index in [9.17, 15) is 0 Å². The highest BCUT2D eigenvalue weighted by Gasteiger charge is 2.28. The summed E-state index contributed by atoms with van der Waals surface area (Å²) in [7, 11) is 0. The van der Waals surface area contributed by atoms with E-state index in [1.54, 1.807) is 0 Å². The molecule has 1 saturated heterocycles. The summed E-state index contributed by atoms with van der Waals surface area (Å²) in [6, 6.07) is 0.732. The Bertz CT molecular complexity index is 151. The Kier molecular flexibility index (Phi) is 3.78.